The van der Waals surface area contributed by atoms with Gasteiger partial charge in [-0.25, -0.2) is 0 Å². The third-order valence-corrected chi connectivity index (χ3v) is 2.68. The molecule has 2 nitrogen and oxygen atoms in total. The molecule has 0 radical (unpaired) electrons. The Kier molecular flexibility index (Phi) is 4.84. The molecule has 0 unspecified atom stereocenters. The summed E-state index contributed by atoms with van der Waals surface area (Å²) in [6.45, 7) is 4.77. The monoisotopic (exact) mass is 239 g/mol. The van der Waals surface area contributed by atoms with Gasteiger partial charge in [-0.1, -0.05) is 37.6 Å². The van der Waals surface area contributed by atoms with E-state index in [0.29, 0.717) is 23.2 Å². The molecule has 1 aromatic carbocycles. The molecule has 0 amide bonds. The van der Waals surface area contributed by atoms with Gasteiger partial charge in [0.15, 0.2) is 0 Å². The number of halogens is 1. The van der Waals surface area contributed by atoms with Crippen molar-refractivity contribution in [1.29, 1.82) is 0 Å². The van der Waals surface area contributed by atoms with E-state index < -0.39 is 0 Å². The van der Waals surface area contributed by atoms with Gasteiger partial charge in [0.25, 0.3) is 0 Å². The van der Waals surface area contributed by atoms with Crippen LogP contribution in [0.15, 0.2) is 18.2 Å². The summed E-state index contributed by atoms with van der Waals surface area (Å²) >= 11 is 6.17. The van der Waals surface area contributed by atoms with Crippen LogP contribution in [0.25, 0.3) is 6.08 Å². The van der Waals surface area contributed by atoms with Crippen LogP contribution >= 0.6 is 11.6 Å². The van der Waals surface area contributed by atoms with E-state index in [1.54, 1.807) is 7.11 Å². The Morgan fingerprint density at radius 1 is 1.44 bits per heavy atom. The van der Waals surface area contributed by atoms with Crippen molar-refractivity contribution in [2.24, 2.45) is 5.73 Å². The Labute approximate surface area is 102 Å². The highest BCUT2D eigenvalue weighted by Gasteiger charge is 2.09. The van der Waals surface area contributed by atoms with Crippen molar-refractivity contribution in [3.63, 3.8) is 0 Å². The van der Waals surface area contributed by atoms with Gasteiger partial charge in [-0.05, 0) is 23.6 Å². The molecule has 0 spiro atoms. The van der Waals surface area contributed by atoms with Crippen LogP contribution < -0.4 is 10.5 Å². The molecule has 16 heavy (non-hydrogen) atoms. The number of benzene rings is 1. The fourth-order valence-corrected chi connectivity index (χ4v) is 1.82. The number of ether oxygens (including phenoxy) is 1. The van der Waals surface area contributed by atoms with Crippen molar-refractivity contribution in [2.45, 2.75) is 19.8 Å². The number of methoxy groups -OCH3 is 1. The van der Waals surface area contributed by atoms with E-state index in [9.17, 15) is 0 Å². The predicted octanol–water partition coefficient (Wildman–Crippen LogP) is 3.44. The number of rotatable bonds is 4. The first-order chi connectivity index (χ1) is 7.60. The zero-order chi connectivity index (χ0) is 12.1. The first-order valence-corrected chi connectivity index (χ1v) is 5.72. The van der Waals surface area contributed by atoms with Gasteiger partial charge in [-0.15, -0.1) is 0 Å². The van der Waals surface area contributed by atoms with Gasteiger partial charge in [0.2, 0.25) is 0 Å². The molecule has 0 aliphatic rings. The van der Waals surface area contributed by atoms with Gasteiger partial charge < -0.3 is 10.5 Å². The Balaban J connectivity index is 3.25. The highest BCUT2D eigenvalue weighted by molar-refractivity contribution is 6.32. The van der Waals surface area contributed by atoms with Crippen molar-refractivity contribution in [2.75, 3.05) is 13.7 Å². The minimum atomic E-state index is 0.438. The van der Waals surface area contributed by atoms with Crippen molar-refractivity contribution in [3.05, 3.63) is 34.4 Å². The predicted molar refractivity (Wildman–Crippen MR) is 70.2 cm³/mol. The molecule has 0 aliphatic carbocycles. The summed E-state index contributed by atoms with van der Waals surface area (Å²) in [5.74, 6) is 1.14. The van der Waals surface area contributed by atoms with Crippen molar-refractivity contribution in [3.8, 4) is 5.75 Å². The lowest BCUT2D eigenvalue weighted by molar-refractivity contribution is 0.414. The van der Waals surface area contributed by atoms with Crippen LogP contribution in [0.1, 0.15) is 30.9 Å². The van der Waals surface area contributed by atoms with E-state index in [1.165, 1.54) is 5.56 Å². The molecule has 0 saturated heterocycles. The highest BCUT2D eigenvalue weighted by atomic mass is 35.5. The Hall–Kier alpha value is -0.990. The maximum Gasteiger partial charge on any atom is 0.144 e. The fourth-order valence-electron chi connectivity index (χ4n) is 1.50. The summed E-state index contributed by atoms with van der Waals surface area (Å²) in [5, 5.41) is 0.644. The van der Waals surface area contributed by atoms with E-state index in [0.717, 1.165) is 5.56 Å². The molecular weight excluding hydrogens is 222 g/mol. The molecule has 0 bridgehead atoms. The van der Waals surface area contributed by atoms with Crippen LogP contribution in [0.4, 0.5) is 0 Å². The smallest absolute Gasteiger partial charge is 0.144 e. The molecular formula is C13H18ClNO. The van der Waals surface area contributed by atoms with Gasteiger partial charge in [0, 0.05) is 12.1 Å². The summed E-state index contributed by atoms with van der Waals surface area (Å²) in [6.07, 6.45) is 3.83. The first-order valence-electron chi connectivity index (χ1n) is 5.34. The average Bonchev–Trinajstić information content (AvgIpc) is 2.25. The second-order valence-corrected chi connectivity index (χ2v) is 4.33. The molecule has 0 atom stereocenters. The molecule has 0 aliphatic heterocycles. The molecule has 88 valence electrons. The summed E-state index contributed by atoms with van der Waals surface area (Å²) in [5.41, 5.74) is 7.62. The lowest BCUT2D eigenvalue weighted by atomic mass is 10.00. The van der Waals surface area contributed by atoms with Crippen molar-refractivity contribution < 1.29 is 4.74 Å². The van der Waals surface area contributed by atoms with Crippen LogP contribution in [0.2, 0.25) is 5.02 Å². The van der Waals surface area contributed by atoms with Crippen molar-refractivity contribution in [1.82, 2.24) is 0 Å². The zero-order valence-electron chi connectivity index (χ0n) is 9.96. The van der Waals surface area contributed by atoms with Gasteiger partial charge in [-0.3, -0.25) is 0 Å². The minimum absolute atomic E-state index is 0.438. The lowest BCUT2D eigenvalue weighted by Crippen LogP contribution is -1.95. The summed E-state index contributed by atoms with van der Waals surface area (Å²) in [4.78, 5) is 0. The quantitative estimate of drug-likeness (QED) is 0.874. The fraction of sp³-hybridized carbons (Fsp3) is 0.385. The van der Waals surface area contributed by atoms with Crippen LogP contribution in [-0.2, 0) is 0 Å². The molecule has 2 N–H and O–H groups in total. The van der Waals surface area contributed by atoms with Gasteiger partial charge in [0.05, 0.1) is 12.1 Å². The maximum atomic E-state index is 6.17. The molecule has 0 fully saturated rings. The first kappa shape index (κ1) is 13.1. The highest BCUT2D eigenvalue weighted by Crippen LogP contribution is 2.33. The average molecular weight is 240 g/mol. The Morgan fingerprint density at radius 2 is 2.12 bits per heavy atom. The molecule has 0 saturated carbocycles. The van der Waals surface area contributed by atoms with E-state index in [2.05, 4.69) is 19.9 Å². The van der Waals surface area contributed by atoms with E-state index >= 15 is 0 Å². The Bertz CT molecular complexity index is 386. The molecule has 3 heteroatoms. The lowest BCUT2D eigenvalue weighted by Gasteiger charge is -2.12. The molecule has 1 rings (SSSR count). The minimum Gasteiger partial charge on any atom is -0.495 e. The summed E-state index contributed by atoms with van der Waals surface area (Å²) < 4.78 is 5.28. The third-order valence-electron chi connectivity index (χ3n) is 2.40. The van der Waals surface area contributed by atoms with E-state index in [1.807, 2.05) is 18.2 Å². The normalized spacial score (nSPS) is 11.4. The molecule has 0 aromatic heterocycles. The maximum absolute atomic E-state index is 6.17. The number of hydrogen-bond acceptors (Lipinski definition) is 2. The van der Waals surface area contributed by atoms with Crippen LogP contribution in [-0.4, -0.2) is 13.7 Å². The van der Waals surface area contributed by atoms with Crippen LogP contribution in [0.5, 0.6) is 5.75 Å². The zero-order valence-corrected chi connectivity index (χ0v) is 10.7. The topological polar surface area (TPSA) is 35.2 Å². The largest absolute Gasteiger partial charge is 0.495 e. The molecule has 1 aromatic rings. The van der Waals surface area contributed by atoms with Gasteiger partial charge in [-0.2, -0.15) is 0 Å². The third kappa shape index (κ3) is 3.00. The Morgan fingerprint density at radius 3 is 2.62 bits per heavy atom. The van der Waals surface area contributed by atoms with Crippen molar-refractivity contribution >= 4 is 17.7 Å². The van der Waals surface area contributed by atoms with Gasteiger partial charge >= 0.3 is 0 Å². The molecule has 0 heterocycles. The van der Waals surface area contributed by atoms with Crippen LogP contribution in [0, 0.1) is 0 Å². The van der Waals surface area contributed by atoms with E-state index in [4.69, 9.17) is 22.1 Å². The SMILES string of the molecule is COc1c(Cl)cc(C(C)C)cc1/C=C/CN. The van der Waals surface area contributed by atoms with Crippen LogP contribution in [0.3, 0.4) is 0 Å². The summed E-state index contributed by atoms with van der Waals surface area (Å²) in [6, 6.07) is 4.03. The second kappa shape index (κ2) is 5.92. The number of hydrogen-bond donors (Lipinski definition) is 1. The number of nitrogens with two attached hydrogens (primary N) is 1. The standard InChI is InChI=1S/C13H18ClNO/c1-9(2)11-7-10(5-4-6-15)13(16-3)12(14)8-11/h4-5,7-9H,6,15H2,1-3H3/b5-4+. The summed E-state index contributed by atoms with van der Waals surface area (Å²) in [7, 11) is 1.62. The van der Waals surface area contributed by atoms with Gasteiger partial charge in [0.1, 0.15) is 5.75 Å². The second-order valence-electron chi connectivity index (χ2n) is 3.92. The van der Waals surface area contributed by atoms with E-state index in [-0.39, 0.29) is 0 Å².